The van der Waals surface area contributed by atoms with Crippen LogP contribution in [0.5, 0.6) is 11.5 Å². The van der Waals surface area contributed by atoms with Crippen LogP contribution in [0.2, 0.25) is 0 Å². The number of benzene rings is 2. The summed E-state index contributed by atoms with van der Waals surface area (Å²) < 4.78 is 12.4. The van der Waals surface area contributed by atoms with Gasteiger partial charge in [0.05, 0.1) is 25.2 Å². The molecule has 0 saturated heterocycles. The number of nitrogens with zero attached hydrogens (tertiary/aromatic N) is 2. The summed E-state index contributed by atoms with van der Waals surface area (Å²) >= 11 is 1.45. The first-order chi connectivity index (χ1) is 14.0. The van der Waals surface area contributed by atoms with Crippen molar-refractivity contribution in [2.75, 3.05) is 19.5 Å². The predicted molar refractivity (Wildman–Crippen MR) is 116 cm³/mol. The Morgan fingerprint density at radius 2 is 1.79 bits per heavy atom. The van der Waals surface area contributed by atoms with E-state index in [1.54, 1.807) is 20.4 Å². The van der Waals surface area contributed by atoms with E-state index in [0.29, 0.717) is 0 Å². The number of carbonyl (C=O) groups excluding carboxylic acids is 1. The van der Waals surface area contributed by atoms with Crippen LogP contribution in [0, 0.1) is 5.92 Å². The van der Waals surface area contributed by atoms with Crippen molar-refractivity contribution < 1.29 is 14.3 Å². The van der Waals surface area contributed by atoms with Gasteiger partial charge in [-0.3, -0.25) is 9.36 Å². The van der Waals surface area contributed by atoms with Crippen LogP contribution < -0.4 is 14.8 Å². The van der Waals surface area contributed by atoms with Crippen LogP contribution in [0.25, 0.3) is 5.69 Å². The van der Waals surface area contributed by atoms with Gasteiger partial charge in [0.1, 0.15) is 11.5 Å². The summed E-state index contributed by atoms with van der Waals surface area (Å²) in [6.45, 7) is 4.06. The number of methoxy groups -OCH3 is 2. The van der Waals surface area contributed by atoms with Gasteiger partial charge in [-0.05, 0) is 42.3 Å². The van der Waals surface area contributed by atoms with E-state index in [4.69, 9.17) is 9.47 Å². The minimum atomic E-state index is -0.302. The molecule has 1 atom stereocenters. The largest absolute Gasteiger partial charge is 0.497 e. The second-order valence-electron chi connectivity index (χ2n) is 6.78. The molecule has 152 valence electrons. The summed E-state index contributed by atoms with van der Waals surface area (Å²) in [5.74, 6) is 1.58. The van der Waals surface area contributed by atoms with E-state index in [-0.39, 0.29) is 17.1 Å². The molecule has 6 nitrogen and oxygen atoms in total. The van der Waals surface area contributed by atoms with Gasteiger partial charge in [-0.15, -0.1) is 0 Å². The van der Waals surface area contributed by atoms with E-state index in [2.05, 4.69) is 10.3 Å². The molecular formula is C22H25N3O3S. The zero-order valence-electron chi connectivity index (χ0n) is 17.0. The summed E-state index contributed by atoms with van der Waals surface area (Å²) in [5, 5.41) is 3.44. The number of amides is 1. The zero-order valence-corrected chi connectivity index (χ0v) is 17.8. The molecule has 1 aromatic heterocycles. The van der Waals surface area contributed by atoms with Crippen molar-refractivity contribution >= 4 is 23.4 Å². The average Bonchev–Trinajstić information content (AvgIpc) is 3.20. The number of aromatic nitrogens is 2. The summed E-state index contributed by atoms with van der Waals surface area (Å²) in [7, 11) is 3.25. The fraction of sp³-hybridized carbons (Fsp3) is 0.273. The smallest absolute Gasteiger partial charge is 0.238 e. The fourth-order valence-electron chi connectivity index (χ4n) is 2.83. The van der Waals surface area contributed by atoms with E-state index in [9.17, 15) is 4.79 Å². The molecule has 0 aliphatic carbocycles. The van der Waals surface area contributed by atoms with Crippen LogP contribution in [0.15, 0.2) is 66.1 Å². The Bertz CT molecular complexity index is 954. The van der Waals surface area contributed by atoms with Gasteiger partial charge in [0.15, 0.2) is 5.16 Å². The molecule has 1 unspecified atom stereocenters. The van der Waals surface area contributed by atoms with Gasteiger partial charge in [-0.25, -0.2) is 4.98 Å². The second kappa shape index (κ2) is 9.52. The first kappa shape index (κ1) is 20.8. The number of ether oxygens (including phenoxy) is 2. The van der Waals surface area contributed by atoms with Crippen molar-refractivity contribution in [2.24, 2.45) is 5.92 Å². The van der Waals surface area contributed by atoms with E-state index >= 15 is 0 Å². The van der Waals surface area contributed by atoms with Gasteiger partial charge in [0, 0.05) is 24.1 Å². The molecule has 1 amide bonds. The number of thioether (sulfide) groups is 1. The lowest BCUT2D eigenvalue weighted by atomic mass is 10.1. The molecule has 3 rings (SSSR count). The molecule has 1 N–H and O–H groups in total. The van der Waals surface area contributed by atoms with Crippen LogP contribution in [-0.4, -0.2) is 34.9 Å². The van der Waals surface area contributed by atoms with Crippen LogP contribution in [0.3, 0.4) is 0 Å². The molecule has 1 heterocycles. The molecule has 0 bridgehead atoms. The Balaban J connectivity index is 1.78. The number of hydrogen-bond donors (Lipinski definition) is 1. The van der Waals surface area contributed by atoms with Gasteiger partial charge >= 0.3 is 0 Å². The Kier molecular flexibility index (Phi) is 6.82. The second-order valence-corrected chi connectivity index (χ2v) is 7.89. The minimum absolute atomic E-state index is 0.0599. The maximum atomic E-state index is 13.0. The molecule has 0 spiro atoms. The average molecular weight is 412 g/mol. The summed E-state index contributed by atoms with van der Waals surface area (Å²) in [6, 6.07) is 15.0. The molecule has 0 aliphatic heterocycles. The normalized spacial score (nSPS) is 11.9. The molecule has 3 aromatic rings. The van der Waals surface area contributed by atoms with Crippen LogP contribution in [-0.2, 0) is 4.79 Å². The van der Waals surface area contributed by atoms with E-state index in [1.807, 2.05) is 73.1 Å². The molecule has 0 fully saturated rings. The van der Waals surface area contributed by atoms with Gasteiger partial charge in [-0.2, -0.15) is 0 Å². The molecule has 29 heavy (non-hydrogen) atoms. The number of imidazole rings is 1. The van der Waals surface area contributed by atoms with Crippen molar-refractivity contribution in [2.45, 2.75) is 24.3 Å². The number of rotatable bonds is 8. The Labute approximate surface area is 175 Å². The quantitative estimate of drug-likeness (QED) is 0.547. The highest BCUT2D eigenvalue weighted by Gasteiger charge is 2.26. The third-order valence-electron chi connectivity index (χ3n) is 4.39. The lowest BCUT2D eigenvalue weighted by molar-refractivity contribution is -0.116. The highest BCUT2D eigenvalue weighted by Crippen LogP contribution is 2.30. The van der Waals surface area contributed by atoms with Crippen molar-refractivity contribution in [3.05, 3.63) is 60.9 Å². The third-order valence-corrected chi connectivity index (χ3v) is 5.92. The lowest BCUT2D eigenvalue weighted by Crippen LogP contribution is -2.30. The van der Waals surface area contributed by atoms with Crippen molar-refractivity contribution in [3.63, 3.8) is 0 Å². The lowest BCUT2D eigenvalue weighted by Gasteiger charge is -2.20. The number of hydrogen-bond acceptors (Lipinski definition) is 5. The summed E-state index contributed by atoms with van der Waals surface area (Å²) in [5.41, 5.74) is 1.67. The zero-order chi connectivity index (χ0) is 20.8. The highest BCUT2D eigenvalue weighted by atomic mass is 32.2. The van der Waals surface area contributed by atoms with E-state index in [0.717, 1.165) is 28.0 Å². The van der Waals surface area contributed by atoms with Gasteiger partial charge in [-0.1, -0.05) is 31.7 Å². The Morgan fingerprint density at radius 3 is 2.45 bits per heavy atom. The first-order valence-electron chi connectivity index (χ1n) is 9.31. The Hall–Kier alpha value is -2.93. The first-order valence-corrected chi connectivity index (χ1v) is 10.2. The predicted octanol–water partition coefficient (Wildman–Crippen LogP) is 4.64. The van der Waals surface area contributed by atoms with Crippen molar-refractivity contribution in [1.29, 1.82) is 0 Å². The molecule has 0 aliphatic rings. The van der Waals surface area contributed by atoms with Crippen LogP contribution in [0.1, 0.15) is 13.8 Å². The van der Waals surface area contributed by atoms with Gasteiger partial charge in [0.25, 0.3) is 0 Å². The monoisotopic (exact) mass is 411 g/mol. The van der Waals surface area contributed by atoms with E-state index in [1.165, 1.54) is 11.8 Å². The topological polar surface area (TPSA) is 65.4 Å². The van der Waals surface area contributed by atoms with E-state index < -0.39 is 0 Å². The fourth-order valence-corrected chi connectivity index (χ4v) is 3.89. The number of nitrogens with one attached hydrogen (secondary N) is 1. The van der Waals surface area contributed by atoms with Crippen molar-refractivity contribution in [3.8, 4) is 17.2 Å². The van der Waals surface area contributed by atoms with Gasteiger partial charge in [0.2, 0.25) is 5.91 Å². The maximum absolute atomic E-state index is 13.0. The minimum Gasteiger partial charge on any atom is -0.497 e. The summed E-state index contributed by atoms with van der Waals surface area (Å²) in [6.07, 6.45) is 3.62. The highest BCUT2D eigenvalue weighted by molar-refractivity contribution is 8.00. The standard InChI is InChI=1S/C22H25N3O3S/c1-15(2)20(21(26)24-16-8-10-18(27-3)11-9-16)29-22-23-12-13-25(22)17-6-5-7-19(14-17)28-4/h5-15,20H,1-4H3,(H,24,26). The van der Waals surface area contributed by atoms with Crippen LogP contribution >= 0.6 is 11.8 Å². The number of carbonyl (C=O) groups is 1. The van der Waals surface area contributed by atoms with Crippen LogP contribution in [0.4, 0.5) is 5.69 Å². The SMILES string of the molecule is COc1ccc(NC(=O)C(Sc2nccn2-c2cccc(OC)c2)C(C)C)cc1. The summed E-state index contributed by atoms with van der Waals surface area (Å²) in [4.78, 5) is 17.4. The van der Waals surface area contributed by atoms with Crippen molar-refractivity contribution in [1.82, 2.24) is 9.55 Å². The third kappa shape index (κ3) is 5.12. The molecule has 0 saturated carbocycles. The van der Waals surface area contributed by atoms with Gasteiger partial charge < -0.3 is 14.8 Å². The number of anilines is 1. The molecular weight excluding hydrogens is 386 g/mol. The molecule has 0 radical (unpaired) electrons. The molecule has 2 aromatic carbocycles. The molecule has 7 heteroatoms. The Morgan fingerprint density at radius 1 is 1.07 bits per heavy atom. The maximum Gasteiger partial charge on any atom is 0.238 e.